The first-order chi connectivity index (χ1) is 9.65. The van der Waals surface area contributed by atoms with E-state index in [0.29, 0.717) is 11.0 Å². The van der Waals surface area contributed by atoms with Crippen LogP contribution in [0, 0.1) is 11.3 Å². The largest absolute Gasteiger partial charge is 0.385 e. The summed E-state index contributed by atoms with van der Waals surface area (Å²) in [6, 6.07) is 0. The molecule has 0 radical (unpaired) electrons. The molecule has 4 heteroatoms. The molecule has 0 amide bonds. The van der Waals surface area contributed by atoms with Gasteiger partial charge in [-0.25, -0.2) is 0 Å². The van der Waals surface area contributed by atoms with Gasteiger partial charge in [-0.05, 0) is 56.3 Å². The van der Waals surface area contributed by atoms with E-state index in [2.05, 4.69) is 12.2 Å². The van der Waals surface area contributed by atoms with Crippen molar-refractivity contribution in [2.75, 3.05) is 26.0 Å². The minimum Gasteiger partial charge on any atom is -0.385 e. The molecule has 1 heterocycles. The second kappa shape index (κ2) is 5.88. The molecule has 3 fully saturated rings. The molecule has 0 atom stereocenters. The average Bonchev–Trinajstić information content (AvgIpc) is 3.13. The molecule has 0 bridgehead atoms. The summed E-state index contributed by atoms with van der Waals surface area (Å²) in [5, 5.41) is 4.98. The summed E-state index contributed by atoms with van der Waals surface area (Å²) in [6.07, 6.45) is 9.25. The van der Waals surface area contributed by atoms with Crippen molar-refractivity contribution in [3.63, 3.8) is 0 Å². The molecule has 1 N–H and O–H groups in total. The zero-order chi connectivity index (χ0) is 14.1. The second-order valence-corrected chi connectivity index (χ2v) is 8.20. The first-order valence-corrected chi connectivity index (χ1v) is 9.08. The summed E-state index contributed by atoms with van der Waals surface area (Å²) in [7, 11) is 1.80. The van der Waals surface area contributed by atoms with Gasteiger partial charge in [0.1, 0.15) is 0 Å². The quantitative estimate of drug-likeness (QED) is 0.843. The number of rotatable bonds is 5. The molecule has 2 aliphatic carbocycles. The number of nitrogens with zero attached hydrogens (tertiary/aromatic N) is 1. The van der Waals surface area contributed by atoms with E-state index in [4.69, 9.17) is 9.73 Å². The number of nitrogens with one attached hydrogen (secondary N) is 1. The van der Waals surface area contributed by atoms with Crippen molar-refractivity contribution in [1.82, 2.24) is 5.32 Å². The van der Waals surface area contributed by atoms with Crippen LogP contribution in [0.2, 0.25) is 0 Å². The number of hydrogen-bond donors (Lipinski definition) is 1. The Hall–Kier alpha value is -0.220. The first kappa shape index (κ1) is 14.7. The van der Waals surface area contributed by atoms with Crippen LogP contribution in [-0.2, 0) is 4.74 Å². The van der Waals surface area contributed by atoms with Crippen LogP contribution >= 0.6 is 11.8 Å². The van der Waals surface area contributed by atoms with Crippen LogP contribution in [-0.4, -0.2) is 36.7 Å². The zero-order valence-corrected chi connectivity index (χ0v) is 13.7. The summed E-state index contributed by atoms with van der Waals surface area (Å²) in [5.41, 5.74) is 0.849. The van der Waals surface area contributed by atoms with Gasteiger partial charge in [0.05, 0.1) is 0 Å². The predicted molar refractivity (Wildman–Crippen MR) is 86.4 cm³/mol. The van der Waals surface area contributed by atoms with E-state index in [0.717, 1.165) is 19.1 Å². The third-order valence-corrected chi connectivity index (χ3v) is 6.64. The summed E-state index contributed by atoms with van der Waals surface area (Å²) in [6.45, 7) is 4.27. The molecular formula is C16H28N2OS. The Balaban J connectivity index is 1.51. The molecular weight excluding hydrogens is 268 g/mol. The van der Waals surface area contributed by atoms with Crippen molar-refractivity contribution < 1.29 is 4.74 Å². The minimum atomic E-state index is 0.374. The maximum atomic E-state index is 5.22. The highest BCUT2D eigenvalue weighted by Crippen LogP contribution is 2.49. The van der Waals surface area contributed by atoms with Crippen molar-refractivity contribution in [1.29, 1.82) is 0 Å². The number of ether oxygens (including phenoxy) is 1. The van der Waals surface area contributed by atoms with Gasteiger partial charge >= 0.3 is 0 Å². The van der Waals surface area contributed by atoms with Crippen LogP contribution in [0.5, 0.6) is 0 Å². The topological polar surface area (TPSA) is 33.6 Å². The standard InChI is InChI=1S/C16H28N2OS/c1-13-3-5-16(6-4-13)12-20-14(18-16)17-11-15(7-8-15)9-10-19-2/h13H,3-12H2,1-2H3,(H,17,18). The molecule has 3 rings (SSSR count). The Morgan fingerprint density at radius 2 is 2.05 bits per heavy atom. The van der Waals surface area contributed by atoms with E-state index in [9.17, 15) is 0 Å². The monoisotopic (exact) mass is 296 g/mol. The normalized spacial score (nSPS) is 37.3. The maximum absolute atomic E-state index is 5.22. The SMILES string of the molecule is COCCC1(CN=C2NC3(CCC(C)CC3)CS2)CC1. The van der Waals surface area contributed by atoms with Gasteiger partial charge in [0.15, 0.2) is 5.17 Å². The Morgan fingerprint density at radius 1 is 1.30 bits per heavy atom. The third kappa shape index (κ3) is 3.33. The van der Waals surface area contributed by atoms with E-state index < -0.39 is 0 Å². The van der Waals surface area contributed by atoms with Gasteiger partial charge in [0.2, 0.25) is 0 Å². The van der Waals surface area contributed by atoms with Crippen LogP contribution in [0.3, 0.4) is 0 Å². The fourth-order valence-corrected chi connectivity index (χ4v) is 4.62. The number of amidine groups is 1. The summed E-state index contributed by atoms with van der Waals surface area (Å²) in [5.74, 6) is 2.14. The average molecular weight is 296 g/mol. The van der Waals surface area contributed by atoms with Crippen molar-refractivity contribution in [2.24, 2.45) is 16.3 Å². The van der Waals surface area contributed by atoms with Gasteiger partial charge in [0, 0.05) is 31.6 Å². The maximum Gasteiger partial charge on any atom is 0.157 e. The highest BCUT2D eigenvalue weighted by atomic mass is 32.2. The predicted octanol–water partition coefficient (Wildman–Crippen LogP) is 3.44. The number of hydrogen-bond acceptors (Lipinski definition) is 3. The van der Waals surface area contributed by atoms with Gasteiger partial charge in [-0.3, -0.25) is 4.99 Å². The molecule has 0 aromatic carbocycles. The van der Waals surface area contributed by atoms with Crippen molar-refractivity contribution in [2.45, 2.75) is 57.4 Å². The lowest BCUT2D eigenvalue weighted by molar-refractivity contribution is 0.174. The van der Waals surface area contributed by atoms with E-state index in [1.807, 2.05) is 11.8 Å². The lowest BCUT2D eigenvalue weighted by Gasteiger charge is -2.35. The number of methoxy groups -OCH3 is 1. The highest BCUT2D eigenvalue weighted by Gasteiger charge is 2.43. The van der Waals surface area contributed by atoms with Crippen LogP contribution in [0.1, 0.15) is 51.9 Å². The molecule has 20 heavy (non-hydrogen) atoms. The van der Waals surface area contributed by atoms with Gasteiger partial charge in [0.25, 0.3) is 0 Å². The Bertz CT molecular complexity index is 371. The van der Waals surface area contributed by atoms with Crippen molar-refractivity contribution in [3.8, 4) is 0 Å². The van der Waals surface area contributed by atoms with Crippen molar-refractivity contribution in [3.05, 3.63) is 0 Å². The molecule has 0 unspecified atom stereocenters. The van der Waals surface area contributed by atoms with E-state index in [-0.39, 0.29) is 0 Å². The van der Waals surface area contributed by atoms with Gasteiger partial charge in [-0.2, -0.15) is 0 Å². The number of aliphatic imine (C=N–C) groups is 1. The van der Waals surface area contributed by atoms with Gasteiger partial charge in [-0.1, -0.05) is 18.7 Å². The molecule has 1 spiro atoms. The molecule has 1 saturated heterocycles. The first-order valence-electron chi connectivity index (χ1n) is 8.10. The fraction of sp³-hybridized carbons (Fsp3) is 0.938. The summed E-state index contributed by atoms with van der Waals surface area (Å²) < 4.78 is 5.22. The Morgan fingerprint density at radius 3 is 2.70 bits per heavy atom. The molecule has 3 nitrogen and oxygen atoms in total. The van der Waals surface area contributed by atoms with Crippen LogP contribution < -0.4 is 5.32 Å². The lowest BCUT2D eigenvalue weighted by atomic mass is 9.78. The number of thioether (sulfide) groups is 1. The van der Waals surface area contributed by atoms with Crippen molar-refractivity contribution >= 4 is 16.9 Å². The van der Waals surface area contributed by atoms with E-state index in [1.165, 1.54) is 55.9 Å². The second-order valence-electron chi connectivity index (χ2n) is 7.24. The summed E-state index contributed by atoms with van der Waals surface area (Å²) in [4.78, 5) is 4.89. The van der Waals surface area contributed by atoms with E-state index >= 15 is 0 Å². The molecule has 0 aromatic heterocycles. The fourth-order valence-electron chi connectivity index (χ4n) is 3.40. The Kier molecular flexibility index (Phi) is 4.32. The third-order valence-electron chi connectivity index (χ3n) is 5.44. The minimum absolute atomic E-state index is 0.374. The molecule has 114 valence electrons. The smallest absolute Gasteiger partial charge is 0.157 e. The van der Waals surface area contributed by atoms with Crippen LogP contribution in [0.4, 0.5) is 0 Å². The van der Waals surface area contributed by atoms with Gasteiger partial charge < -0.3 is 10.1 Å². The highest BCUT2D eigenvalue weighted by molar-refractivity contribution is 8.14. The van der Waals surface area contributed by atoms with E-state index in [1.54, 1.807) is 7.11 Å². The van der Waals surface area contributed by atoms with Crippen LogP contribution in [0.25, 0.3) is 0 Å². The molecule has 2 saturated carbocycles. The molecule has 1 aliphatic heterocycles. The zero-order valence-electron chi connectivity index (χ0n) is 12.9. The lowest BCUT2D eigenvalue weighted by Crippen LogP contribution is -2.46. The molecule has 0 aromatic rings. The Labute approximate surface area is 127 Å². The molecule has 3 aliphatic rings. The van der Waals surface area contributed by atoms with Gasteiger partial charge in [-0.15, -0.1) is 0 Å². The summed E-state index contributed by atoms with van der Waals surface area (Å²) >= 11 is 1.95. The van der Waals surface area contributed by atoms with Crippen LogP contribution in [0.15, 0.2) is 4.99 Å².